The van der Waals surface area contributed by atoms with Crippen molar-refractivity contribution in [2.45, 2.75) is 20.4 Å². The van der Waals surface area contributed by atoms with Crippen LogP contribution in [-0.4, -0.2) is 9.38 Å². The molecule has 0 radical (unpaired) electrons. The van der Waals surface area contributed by atoms with Gasteiger partial charge >= 0.3 is 0 Å². The van der Waals surface area contributed by atoms with E-state index < -0.39 is 0 Å². The third-order valence-corrected chi connectivity index (χ3v) is 4.46. The lowest BCUT2D eigenvalue weighted by atomic mass is 10.2. The maximum absolute atomic E-state index is 12.1. The van der Waals surface area contributed by atoms with Crippen molar-refractivity contribution in [1.82, 2.24) is 9.38 Å². The van der Waals surface area contributed by atoms with Crippen molar-refractivity contribution < 1.29 is 0 Å². The molecular formula is C15H14ClN3OS. The highest BCUT2D eigenvalue weighted by Gasteiger charge is 2.07. The molecule has 0 aliphatic carbocycles. The van der Waals surface area contributed by atoms with Crippen molar-refractivity contribution >= 4 is 33.6 Å². The monoisotopic (exact) mass is 319 g/mol. The number of fused-ring (bicyclic) bond motifs is 1. The van der Waals surface area contributed by atoms with Crippen molar-refractivity contribution in [1.29, 1.82) is 0 Å². The first-order valence-corrected chi connectivity index (χ1v) is 7.77. The number of benzene rings is 1. The third-order valence-electron chi connectivity index (χ3n) is 3.28. The fourth-order valence-corrected chi connectivity index (χ4v) is 3.32. The zero-order valence-corrected chi connectivity index (χ0v) is 13.3. The van der Waals surface area contributed by atoms with Gasteiger partial charge in [0.15, 0.2) is 4.96 Å². The van der Waals surface area contributed by atoms with Gasteiger partial charge in [0.05, 0.1) is 12.2 Å². The first kappa shape index (κ1) is 14.1. The lowest BCUT2D eigenvalue weighted by Gasteiger charge is -2.09. The van der Waals surface area contributed by atoms with E-state index in [2.05, 4.69) is 10.3 Å². The van der Waals surface area contributed by atoms with E-state index in [-0.39, 0.29) is 5.56 Å². The summed E-state index contributed by atoms with van der Waals surface area (Å²) >= 11 is 7.42. The predicted molar refractivity (Wildman–Crippen MR) is 87.6 cm³/mol. The molecule has 2 aromatic heterocycles. The average molecular weight is 320 g/mol. The summed E-state index contributed by atoms with van der Waals surface area (Å²) in [5, 5.41) is 5.94. The van der Waals surface area contributed by atoms with Gasteiger partial charge in [0, 0.05) is 27.9 Å². The Hall–Kier alpha value is -1.85. The summed E-state index contributed by atoms with van der Waals surface area (Å²) in [6.45, 7) is 4.40. The largest absolute Gasteiger partial charge is 0.379 e. The Morgan fingerprint density at radius 2 is 2.14 bits per heavy atom. The summed E-state index contributed by atoms with van der Waals surface area (Å²) in [7, 11) is 0. The molecule has 1 N–H and O–H groups in total. The number of nitrogens with zero attached hydrogens (tertiary/aromatic N) is 2. The van der Waals surface area contributed by atoms with Gasteiger partial charge in [-0.15, -0.1) is 11.3 Å². The van der Waals surface area contributed by atoms with Crippen molar-refractivity contribution in [3.05, 3.63) is 62.0 Å². The van der Waals surface area contributed by atoms with Crippen molar-refractivity contribution in [2.75, 3.05) is 5.32 Å². The summed E-state index contributed by atoms with van der Waals surface area (Å²) < 4.78 is 1.63. The second-order valence-corrected chi connectivity index (χ2v) is 6.17. The topological polar surface area (TPSA) is 46.4 Å². The molecule has 0 saturated carbocycles. The van der Waals surface area contributed by atoms with Gasteiger partial charge in [0.25, 0.3) is 5.56 Å². The van der Waals surface area contributed by atoms with E-state index in [1.807, 2.05) is 37.4 Å². The molecule has 3 rings (SSSR count). The zero-order valence-electron chi connectivity index (χ0n) is 11.7. The first-order chi connectivity index (χ1) is 10.0. The van der Waals surface area contributed by atoms with Crippen LogP contribution in [0.3, 0.4) is 0 Å². The molecule has 0 fully saturated rings. The van der Waals surface area contributed by atoms with Crippen LogP contribution in [0.4, 0.5) is 5.69 Å². The molecule has 0 spiro atoms. The van der Waals surface area contributed by atoms with Gasteiger partial charge in [-0.1, -0.05) is 11.6 Å². The Labute approximate surface area is 131 Å². The molecule has 0 aliphatic rings. The van der Waals surface area contributed by atoms with Crippen LogP contribution < -0.4 is 10.9 Å². The smallest absolute Gasteiger partial charge is 0.259 e. The zero-order chi connectivity index (χ0) is 15.0. The maximum Gasteiger partial charge on any atom is 0.259 e. The van der Waals surface area contributed by atoms with Crippen LogP contribution >= 0.6 is 22.9 Å². The number of nitrogens with one attached hydrogen (secondary N) is 1. The summed E-state index contributed by atoms with van der Waals surface area (Å²) in [6, 6.07) is 7.24. The summed E-state index contributed by atoms with van der Waals surface area (Å²) in [5.41, 5.74) is 3.66. The average Bonchev–Trinajstić information content (AvgIpc) is 2.80. The number of halogens is 1. The van der Waals surface area contributed by atoms with Gasteiger partial charge in [-0.05, 0) is 37.6 Å². The number of thiazole rings is 1. The van der Waals surface area contributed by atoms with Gasteiger partial charge in [-0.3, -0.25) is 9.20 Å². The Morgan fingerprint density at radius 3 is 2.90 bits per heavy atom. The number of hydrogen-bond donors (Lipinski definition) is 1. The lowest BCUT2D eigenvalue weighted by Crippen LogP contribution is -2.16. The van der Waals surface area contributed by atoms with E-state index in [9.17, 15) is 4.79 Å². The van der Waals surface area contributed by atoms with Crippen molar-refractivity contribution in [3.8, 4) is 0 Å². The molecule has 2 heterocycles. The Kier molecular flexibility index (Phi) is 3.69. The van der Waals surface area contributed by atoms with Crippen LogP contribution in [0.2, 0.25) is 5.02 Å². The summed E-state index contributed by atoms with van der Waals surface area (Å²) in [5.74, 6) is 0. The molecule has 0 amide bonds. The first-order valence-electron chi connectivity index (χ1n) is 6.51. The highest BCUT2D eigenvalue weighted by atomic mass is 35.5. The normalized spacial score (nSPS) is 11.0. The Bertz CT molecular complexity index is 869. The molecule has 0 saturated heterocycles. The fraction of sp³-hybridized carbons (Fsp3) is 0.200. The van der Waals surface area contributed by atoms with E-state index >= 15 is 0 Å². The minimum atomic E-state index is -0.0385. The standard InChI is InChI=1S/C15H14ClN3OS/c1-9-5-11(16)3-4-13(9)17-7-12-6-14(20)19-10(2)8-21-15(19)18-12/h3-6,8,17H,7H2,1-2H3. The molecular weight excluding hydrogens is 306 g/mol. The van der Waals surface area contributed by atoms with Gasteiger partial charge in [-0.2, -0.15) is 0 Å². The van der Waals surface area contributed by atoms with Gasteiger partial charge < -0.3 is 5.32 Å². The van der Waals surface area contributed by atoms with Gasteiger partial charge in [-0.25, -0.2) is 4.98 Å². The van der Waals surface area contributed by atoms with Crippen LogP contribution in [0.1, 0.15) is 17.0 Å². The molecule has 1 aromatic carbocycles. The van der Waals surface area contributed by atoms with E-state index in [1.165, 1.54) is 11.3 Å². The van der Waals surface area contributed by atoms with Crippen LogP contribution in [0.25, 0.3) is 4.96 Å². The predicted octanol–water partition coefficient (Wildman–Crippen LogP) is 3.64. The van der Waals surface area contributed by atoms with Crippen LogP contribution in [0.5, 0.6) is 0 Å². The fourth-order valence-electron chi connectivity index (χ4n) is 2.20. The number of aromatic nitrogens is 2. The molecule has 108 valence electrons. The van der Waals surface area contributed by atoms with Crippen LogP contribution in [0, 0.1) is 13.8 Å². The molecule has 4 nitrogen and oxygen atoms in total. The Balaban J connectivity index is 1.87. The second kappa shape index (κ2) is 5.50. The van der Waals surface area contributed by atoms with E-state index in [1.54, 1.807) is 10.5 Å². The number of anilines is 1. The van der Waals surface area contributed by atoms with E-state index in [0.29, 0.717) is 11.6 Å². The van der Waals surface area contributed by atoms with Gasteiger partial charge in [0.2, 0.25) is 0 Å². The van der Waals surface area contributed by atoms with E-state index in [0.717, 1.165) is 27.6 Å². The SMILES string of the molecule is Cc1cc(Cl)ccc1NCc1cc(=O)n2c(C)csc2n1. The number of rotatable bonds is 3. The summed E-state index contributed by atoms with van der Waals surface area (Å²) in [4.78, 5) is 17.3. The molecule has 0 atom stereocenters. The molecule has 21 heavy (non-hydrogen) atoms. The molecule has 0 bridgehead atoms. The van der Waals surface area contributed by atoms with Crippen LogP contribution in [0.15, 0.2) is 34.4 Å². The highest BCUT2D eigenvalue weighted by Crippen LogP contribution is 2.20. The third kappa shape index (κ3) is 2.80. The van der Waals surface area contributed by atoms with Crippen LogP contribution in [-0.2, 0) is 6.54 Å². The van der Waals surface area contributed by atoms with Crippen molar-refractivity contribution in [3.63, 3.8) is 0 Å². The minimum Gasteiger partial charge on any atom is -0.379 e. The molecule has 0 aliphatic heterocycles. The quantitative estimate of drug-likeness (QED) is 0.801. The number of hydrogen-bond acceptors (Lipinski definition) is 4. The lowest BCUT2D eigenvalue weighted by molar-refractivity contribution is 0.965. The van der Waals surface area contributed by atoms with Crippen molar-refractivity contribution in [2.24, 2.45) is 0 Å². The maximum atomic E-state index is 12.1. The molecule has 0 unspecified atom stereocenters. The van der Waals surface area contributed by atoms with E-state index in [4.69, 9.17) is 11.6 Å². The van der Waals surface area contributed by atoms with Gasteiger partial charge in [0.1, 0.15) is 0 Å². The highest BCUT2D eigenvalue weighted by molar-refractivity contribution is 7.15. The molecule has 6 heteroatoms. The minimum absolute atomic E-state index is 0.0385. The second-order valence-electron chi connectivity index (χ2n) is 4.89. The Morgan fingerprint density at radius 1 is 1.33 bits per heavy atom. The summed E-state index contributed by atoms with van der Waals surface area (Å²) in [6.07, 6.45) is 0. The number of aryl methyl sites for hydroxylation is 2. The molecule has 3 aromatic rings.